The quantitative estimate of drug-likeness (QED) is 0.423. The second kappa shape index (κ2) is 8.52. The molecule has 2 N–H and O–H groups in total. The van der Waals surface area contributed by atoms with Gasteiger partial charge in [0.05, 0.1) is 10.6 Å². The topological polar surface area (TPSA) is 75.3 Å². The zero-order chi connectivity index (χ0) is 21.0. The fraction of sp³-hybridized carbons (Fsp3) is 0. The summed E-state index contributed by atoms with van der Waals surface area (Å²) >= 11 is 1.17. The molecular formula is C23H18N2O3S2. The lowest BCUT2D eigenvalue weighted by Gasteiger charge is -2.10. The van der Waals surface area contributed by atoms with Crippen LogP contribution in [-0.2, 0) is 10.0 Å². The van der Waals surface area contributed by atoms with E-state index >= 15 is 0 Å². The van der Waals surface area contributed by atoms with Gasteiger partial charge in [-0.3, -0.25) is 9.52 Å². The normalized spacial score (nSPS) is 11.1. The third-order valence-electron chi connectivity index (χ3n) is 4.40. The molecule has 30 heavy (non-hydrogen) atoms. The molecule has 0 radical (unpaired) electrons. The summed E-state index contributed by atoms with van der Waals surface area (Å²) < 4.78 is 27.7. The standard InChI is InChI=1S/C23H18N2O3S2/c26-23(24-19-11-7-10-18(16-19)17-8-3-1-4-9-17)22-21(14-15-29-22)25-30(27,28)20-12-5-2-6-13-20/h1-16,25H,(H,24,26). The van der Waals surface area contributed by atoms with Crippen LogP contribution < -0.4 is 10.0 Å². The zero-order valence-electron chi connectivity index (χ0n) is 15.8. The molecule has 0 unspecified atom stereocenters. The Morgan fingerprint density at radius 3 is 2.17 bits per heavy atom. The first-order chi connectivity index (χ1) is 14.5. The van der Waals surface area contributed by atoms with Crippen LogP contribution in [0.25, 0.3) is 11.1 Å². The molecule has 0 aliphatic rings. The van der Waals surface area contributed by atoms with Gasteiger partial charge in [-0.2, -0.15) is 0 Å². The van der Waals surface area contributed by atoms with Crippen molar-refractivity contribution >= 4 is 38.6 Å². The highest BCUT2D eigenvalue weighted by atomic mass is 32.2. The van der Waals surface area contributed by atoms with Crippen molar-refractivity contribution in [3.8, 4) is 11.1 Å². The Bertz CT molecular complexity index is 1270. The van der Waals surface area contributed by atoms with Crippen molar-refractivity contribution < 1.29 is 13.2 Å². The van der Waals surface area contributed by atoms with Crippen molar-refractivity contribution in [3.63, 3.8) is 0 Å². The maximum absolute atomic E-state index is 12.8. The number of carbonyl (C=O) groups is 1. The van der Waals surface area contributed by atoms with Crippen molar-refractivity contribution in [2.75, 3.05) is 10.0 Å². The summed E-state index contributed by atoms with van der Waals surface area (Å²) in [4.78, 5) is 13.3. The van der Waals surface area contributed by atoms with E-state index in [4.69, 9.17) is 0 Å². The highest BCUT2D eigenvalue weighted by Gasteiger charge is 2.20. The Morgan fingerprint density at radius 2 is 1.43 bits per heavy atom. The van der Waals surface area contributed by atoms with E-state index in [2.05, 4.69) is 10.0 Å². The Labute approximate surface area is 179 Å². The van der Waals surface area contributed by atoms with Crippen LogP contribution in [0.4, 0.5) is 11.4 Å². The van der Waals surface area contributed by atoms with Gasteiger partial charge in [-0.25, -0.2) is 8.42 Å². The number of nitrogens with one attached hydrogen (secondary N) is 2. The highest BCUT2D eigenvalue weighted by molar-refractivity contribution is 7.92. The number of thiophene rings is 1. The third kappa shape index (κ3) is 4.42. The number of anilines is 2. The van der Waals surface area contributed by atoms with Crippen LogP contribution in [0.3, 0.4) is 0 Å². The molecule has 0 atom stereocenters. The van der Waals surface area contributed by atoms with Crippen LogP contribution in [0.1, 0.15) is 9.67 Å². The van der Waals surface area contributed by atoms with Crippen molar-refractivity contribution in [1.82, 2.24) is 0 Å². The first-order valence-corrected chi connectivity index (χ1v) is 11.5. The maximum Gasteiger partial charge on any atom is 0.267 e. The molecule has 1 amide bonds. The van der Waals surface area contributed by atoms with E-state index in [1.54, 1.807) is 35.7 Å². The number of benzene rings is 3. The van der Waals surface area contributed by atoms with Gasteiger partial charge in [0.25, 0.3) is 15.9 Å². The van der Waals surface area contributed by atoms with E-state index in [1.165, 1.54) is 23.5 Å². The monoisotopic (exact) mass is 434 g/mol. The lowest BCUT2D eigenvalue weighted by atomic mass is 10.1. The van der Waals surface area contributed by atoms with Crippen LogP contribution in [0.15, 0.2) is 101 Å². The average Bonchev–Trinajstić information content (AvgIpc) is 3.23. The molecule has 5 nitrogen and oxygen atoms in total. The molecule has 0 saturated heterocycles. The third-order valence-corrected chi connectivity index (χ3v) is 6.69. The highest BCUT2D eigenvalue weighted by Crippen LogP contribution is 2.27. The Morgan fingerprint density at radius 1 is 0.767 bits per heavy atom. The lowest BCUT2D eigenvalue weighted by molar-refractivity contribution is 0.103. The molecule has 0 saturated carbocycles. The number of hydrogen-bond acceptors (Lipinski definition) is 4. The molecule has 4 aromatic rings. The number of hydrogen-bond donors (Lipinski definition) is 2. The number of rotatable bonds is 6. The summed E-state index contributed by atoms with van der Waals surface area (Å²) in [6.45, 7) is 0. The molecule has 0 aliphatic carbocycles. The second-order valence-corrected chi connectivity index (χ2v) is 9.08. The van der Waals surface area contributed by atoms with Gasteiger partial charge < -0.3 is 5.32 Å². The van der Waals surface area contributed by atoms with E-state index in [0.29, 0.717) is 10.6 Å². The van der Waals surface area contributed by atoms with Gasteiger partial charge >= 0.3 is 0 Å². The van der Waals surface area contributed by atoms with Gasteiger partial charge in [0.15, 0.2) is 0 Å². The van der Waals surface area contributed by atoms with E-state index in [-0.39, 0.29) is 16.5 Å². The predicted octanol–water partition coefficient (Wildman–Crippen LogP) is 5.47. The van der Waals surface area contributed by atoms with Gasteiger partial charge in [0.1, 0.15) is 4.88 Å². The van der Waals surface area contributed by atoms with E-state index in [1.807, 2.05) is 48.5 Å². The minimum Gasteiger partial charge on any atom is -0.321 e. The van der Waals surface area contributed by atoms with E-state index in [9.17, 15) is 13.2 Å². The van der Waals surface area contributed by atoms with Crippen LogP contribution >= 0.6 is 11.3 Å². The van der Waals surface area contributed by atoms with Crippen LogP contribution in [0.5, 0.6) is 0 Å². The molecule has 4 rings (SSSR count). The lowest BCUT2D eigenvalue weighted by Crippen LogP contribution is -2.17. The molecule has 1 heterocycles. The number of carbonyl (C=O) groups excluding carboxylic acids is 1. The fourth-order valence-electron chi connectivity index (χ4n) is 2.96. The Kier molecular flexibility index (Phi) is 5.65. The summed E-state index contributed by atoms with van der Waals surface area (Å²) in [5.74, 6) is -0.374. The fourth-order valence-corrected chi connectivity index (χ4v) is 4.87. The first kappa shape index (κ1) is 19.9. The second-order valence-electron chi connectivity index (χ2n) is 6.48. The smallest absolute Gasteiger partial charge is 0.267 e. The molecule has 3 aromatic carbocycles. The van der Waals surface area contributed by atoms with Crippen LogP contribution in [-0.4, -0.2) is 14.3 Å². The summed E-state index contributed by atoms with van der Waals surface area (Å²) in [7, 11) is -3.78. The molecule has 0 spiro atoms. The molecule has 7 heteroatoms. The van der Waals surface area contributed by atoms with Gasteiger partial charge in [0.2, 0.25) is 0 Å². The molecule has 0 bridgehead atoms. The molecule has 150 valence electrons. The molecule has 0 fully saturated rings. The predicted molar refractivity (Wildman–Crippen MR) is 121 cm³/mol. The minimum absolute atomic E-state index is 0.137. The van der Waals surface area contributed by atoms with Crippen molar-refractivity contribution in [3.05, 3.63) is 101 Å². The maximum atomic E-state index is 12.8. The average molecular weight is 435 g/mol. The van der Waals surface area contributed by atoms with Gasteiger partial charge in [0, 0.05) is 5.69 Å². The molecular weight excluding hydrogens is 416 g/mol. The van der Waals surface area contributed by atoms with Crippen LogP contribution in [0.2, 0.25) is 0 Å². The molecule has 0 aliphatic heterocycles. The molecule has 1 aromatic heterocycles. The summed E-state index contributed by atoms with van der Waals surface area (Å²) in [6.07, 6.45) is 0. The van der Waals surface area contributed by atoms with Crippen LogP contribution in [0, 0.1) is 0 Å². The number of sulfonamides is 1. The summed E-state index contributed by atoms with van der Waals surface area (Å²) in [5.41, 5.74) is 2.90. The zero-order valence-corrected chi connectivity index (χ0v) is 17.4. The minimum atomic E-state index is -3.78. The van der Waals surface area contributed by atoms with Gasteiger partial charge in [-0.1, -0.05) is 60.7 Å². The van der Waals surface area contributed by atoms with Gasteiger partial charge in [-0.05, 0) is 46.8 Å². The summed E-state index contributed by atoms with van der Waals surface area (Å²) in [6, 6.07) is 27.0. The van der Waals surface area contributed by atoms with Gasteiger partial charge in [-0.15, -0.1) is 11.3 Å². The Hall–Kier alpha value is -3.42. The van der Waals surface area contributed by atoms with Crippen molar-refractivity contribution in [1.29, 1.82) is 0 Å². The van der Waals surface area contributed by atoms with E-state index in [0.717, 1.165) is 11.1 Å². The first-order valence-electron chi connectivity index (χ1n) is 9.15. The number of amides is 1. The largest absolute Gasteiger partial charge is 0.321 e. The van der Waals surface area contributed by atoms with Crippen molar-refractivity contribution in [2.24, 2.45) is 0 Å². The SMILES string of the molecule is O=C(Nc1cccc(-c2ccccc2)c1)c1sccc1NS(=O)(=O)c1ccccc1. The van der Waals surface area contributed by atoms with Crippen molar-refractivity contribution in [2.45, 2.75) is 4.90 Å². The van der Waals surface area contributed by atoms with E-state index < -0.39 is 10.0 Å². The summed E-state index contributed by atoms with van der Waals surface area (Å²) in [5, 5.41) is 4.54. The Balaban J connectivity index is 1.54.